The average molecular weight is 162 g/mol. The van der Waals surface area contributed by atoms with Gasteiger partial charge in [-0.2, -0.15) is 13.2 Å². The molecule has 60 valence electrons. The van der Waals surface area contributed by atoms with Crippen LogP contribution in [0.25, 0.3) is 5.73 Å². The second-order valence-corrected chi connectivity index (χ2v) is 1.76. The fourth-order valence-corrected chi connectivity index (χ4v) is 0.517. The Kier molecular flexibility index (Phi) is 1.67. The normalized spacial score (nSPS) is 11.5. The molecule has 6 heteroatoms. The first kappa shape index (κ1) is 7.77. The van der Waals surface area contributed by atoms with Crippen LogP contribution >= 0.6 is 0 Å². The van der Waals surface area contributed by atoms with Crippen molar-refractivity contribution in [2.75, 3.05) is 0 Å². The summed E-state index contributed by atoms with van der Waals surface area (Å²) in [5.41, 5.74) is 5.61. The monoisotopic (exact) mass is 162 g/mol. The third kappa shape index (κ3) is 1.79. The van der Waals surface area contributed by atoms with Crippen LogP contribution in [0.1, 0.15) is 5.69 Å². The molecule has 0 aliphatic carbocycles. The highest BCUT2D eigenvalue weighted by atomic mass is 19.4. The van der Waals surface area contributed by atoms with Crippen molar-refractivity contribution in [3.63, 3.8) is 0 Å². The summed E-state index contributed by atoms with van der Waals surface area (Å²) < 4.78 is 35.4. The second kappa shape index (κ2) is 2.37. The SMILES string of the molecule is [NH-]c1nccc(C(F)(F)F)n1. The van der Waals surface area contributed by atoms with Gasteiger partial charge in [-0.25, -0.2) is 0 Å². The zero-order valence-electron chi connectivity index (χ0n) is 5.18. The molecule has 1 N–H and O–H groups in total. The molecule has 0 fully saturated rings. The first-order valence-electron chi connectivity index (χ1n) is 2.62. The third-order valence-corrected chi connectivity index (χ3v) is 0.946. The Morgan fingerprint density at radius 2 is 2.00 bits per heavy atom. The maximum absolute atomic E-state index is 11.8. The van der Waals surface area contributed by atoms with Gasteiger partial charge in [0.2, 0.25) is 0 Å². The van der Waals surface area contributed by atoms with E-state index in [-0.39, 0.29) is 0 Å². The smallest absolute Gasteiger partial charge is 0.410 e. The van der Waals surface area contributed by atoms with E-state index in [4.69, 9.17) is 5.73 Å². The lowest BCUT2D eigenvalue weighted by Crippen LogP contribution is -2.07. The topological polar surface area (TPSA) is 49.6 Å². The first-order chi connectivity index (χ1) is 5.00. The zero-order valence-corrected chi connectivity index (χ0v) is 5.18. The van der Waals surface area contributed by atoms with Gasteiger partial charge in [0, 0.05) is 5.95 Å². The Morgan fingerprint density at radius 3 is 2.36 bits per heavy atom. The Labute approximate surface area is 60.1 Å². The summed E-state index contributed by atoms with van der Waals surface area (Å²) in [5.74, 6) is -0.625. The molecule has 1 heterocycles. The van der Waals surface area contributed by atoms with Crippen LogP contribution in [0.4, 0.5) is 19.1 Å². The first-order valence-corrected chi connectivity index (χ1v) is 2.62. The van der Waals surface area contributed by atoms with E-state index in [9.17, 15) is 13.2 Å². The predicted molar refractivity (Wildman–Crippen MR) is 31.0 cm³/mol. The minimum atomic E-state index is -4.49. The van der Waals surface area contributed by atoms with Crippen molar-refractivity contribution in [1.82, 2.24) is 9.97 Å². The molecule has 0 radical (unpaired) electrons. The molecule has 0 aliphatic rings. The van der Waals surface area contributed by atoms with Crippen LogP contribution in [-0.2, 0) is 6.18 Å². The fraction of sp³-hybridized carbons (Fsp3) is 0.200. The summed E-state index contributed by atoms with van der Waals surface area (Å²) in [7, 11) is 0. The minimum Gasteiger partial charge on any atom is -0.410 e. The Morgan fingerprint density at radius 1 is 1.36 bits per heavy atom. The molecule has 0 spiro atoms. The van der Waals surface area contributed by atoms with Crippen molar-refractivity contribution in [3.8, 4) is 0 Å². The van der Waals surface area contributed by atoms with E-state index < -0.39 is 17.8 Å². The van der Waals surface area contributed by atoms with Crippen LogP contribution in [-0.4, -0.2) is 9.97 Å². The lowest BCUT2D eigenvalue weighted by Gasteiger charge is -2.10. The van der Waals surface area contributed by atoms with E-state index in [1.54, 1.807) is 0 Å². The molecule has 0 unspecified atom stereocenters. The van der Waals surface area contributed by atoms with Gasteiger partial charge in [-0.05, 0) is 12.3 Å². The van der Waals surface area contributed by atoms with Gasteiger partial charge in [0.1, 0.15) is 0 Å². The number of nitrogens with one attached hydrogen (secondary N) is 1. The highest BCUT2D eigenvalue weighted by Crippen LogP contribution is 2.27. The molecule has 1 aromatic heterocycles. The average Bonchev–Trinajstić information content (AvgIpc) is 1.86. The minimum absolute atomic E-state index is 0.625. The number of hydrogen-bond donors (Lipinski definition) is 0. The van der Waals surface area contributed by atoms with Gasteiger partial charge in [-0.3, -0.25) is 0 Å². The summed E-state index contributed by atoms with van der Waals surface area (Å²) in [6.07, 6.45) is -3.59. The van der Waals surface area contributed by atoms with Crippen molar-refractivity contribution < 1.29 is 13.2 Å². The second-order valence-electron chi connectivity index (χ2n) is 1.76. The molecule has 3 nitrogen and oxygen atoms in total. The maximum atomic E-state index is 11.8. The molecule has 0 saturated carbocycles. The molecule has 1 aromatic rings. The van der Waals surface area contributed by atoms with E-state index in [2.05, 4.69) is 9.97 Å². The summed E-state index contributed by atoms with van der Waals surface area (Å²) in [6, 6.07) is 0.720. The van der Waals surface area contributed by atoms with Crippen molar-refractivity contribution in [1.29, 1.82) is 0 Å². The van der Waals surface area contributed by atoms with E-state index >= 15 is 0 Å². The molecule has 1 rings (SSSR count). The quantitative estimate of drug-likeness (QED) is 0.586. The van der Waals surface area contributed by atoms with Crippen LogP contribution < -0.4 is 0 Å². The number of nitrogens with zero attached hydrogens (tertiary/aromatic N) is 2. The largest absolute Gasteiger partial charge is 0.418 e. The summed E-state index contributed by atoms with van der Waals surface area (Å²) in [6.45, 7) is 0. The van der Waals surface area contributed by atoms with Crippen molar-refractivity contribution in [2.45, 2.75) is 6.18 Å². The molecule has 0 bridgehead atoms. The maximum Gasteiger partial charge on any atom is 0.418 e. The standard InChI is InChI=1S/C5H3F3N3/c6-5(7,8)3-1-2-10-4(9)11-3/h1-2H,(H-,9,10,11)/q-1. The van der Waals surface area contributed by atoms with Crippen LogP contribution in [0.3, 0.4) is 0 Å². The lowest BCUT2D eigenvalue weighted by atomic mass is 10.4. The van der Waals surface area contributed by atoms with Crippen molar-refractivity contribution >= 4 is 5.95 Å². The number of halogens is 3. The Balaban J connectivity index is 3.06. The summed E-state index contributed by atoms with van der Waals surface area (Å²) in [4.78, 5) is 6.08. The zero-order chi connectivity index (χ0) is 8.48. The van der Waals surface area contributed by atoms with Crippen LogP contribution in [0.2, 0.25) is 0 Å². The Bertz CT molecular complexity index is 257. The van der Waals surface area contributed by atoms with Crippen molar-refractivity contribution in [2.24, 2.45) is 0 Å². The van der Waals surface area contributed by atoms with E-state index in [1.165, 1.54) is 0 Å². The van der Waals surface area contributed by atoms with E-state index in [0.717, 1.165) is 12.3 Å². The van der Waals surface area contributed by atoms with E-state index in [1.807, 2.05) is 0 Å². The van der Waals surface area contributed by atoms with Gasteiger partial charge in [0.05, 0.1) is 5.69 Å². The van der Waals surface area contributed by atoms with Gasteiger partial charge in [-0.1, -0.05) is 0 Å². The van der Waals surface area contributed by atoms with Gasteiger partial charge >= 0.3 is 6.18 Å². The fourth-order valence-electron chi connectivity index (χ4n) is 0.517. The van der Waals surface area contributed by atoms with Crippen LogP contribution in [0.5, 0.6) is 0 Å². The number of hydrogen-bond acceptors (Lipinski definition) is 2. The van der Waals surface area contributed by atoms with Gasteiger partial charge < -0.3 is 15.7 Å². The number of rotatable bonds is 0. The molecule has 0 amide bonds. The molecule has 0 aliphatic heterocycles. The summed E-state index contributed by atoms with van der Waals surface area (Å²) >= 11 is 0. The van der Waals surface area contributed by atoms with Crippen molar-refractivity contribution in [3.05, 3.63) is 23.7 Å². The molecular weight excluding hydrogens is 159 g/mol. The molecular formula is C5H3F3N3-. The predicted octanol–water partition coefficient (Wildman–Crippen LogP) is 2.18. The third-order valence-electron chi connectivity index (χ3n) is 0.946. The molecule has 11 heavy (non-hydrogen) atoms. The highest BCUT2D eigenvalue weighted by Gasteiger charge is 2.29. The molecule has 0 atom stereocenters. The Hall–Kier alpha value is -1.33. The van der Waals surface area contributed by atoms with Crippen LogP contribution in [0, 0.1) is 0 Å². The molecule has 0 aromatic carbocycles. The van der Waals surface area contributed by atoms with Gasteiger partial charge in [-0.15, -0.1) is 0 Å². The van der Waals surface area contributed by atoms with Gasteiger partial charge in [0.25, 0.3) is 0 Å². The lowest BCUT2D eigenvalue weighted by molar-refractivity contribution is -0.141. The molecule has 0 saturated heterocycles. The number of alkyl halides is 3. The number of aromatic nitrogens is 2. The highest BCUT2D eigenvalue weighted by molar-refractivity contribution is 5.23. The summed E-state index contributed by atoms with van der Waals surface area (Å²) in [5, 5.41) is 0. The van der Waals surface area contributed by atoms with Gasteiger partial charge in [0.15, 0.2) is 0 Å². The van der Waals surface area contributed by atoms with Crippen LogP contribution in [0.15, 0.2) is 12.3 Å². The van der Waals surface area contributed by atoms with E-state index in [0.29, 0.717) is 0 Å².